The number of carbonyl (C=O) groups is 1. The highest BCUT2D eigenvalue weighted by atomic mass is 16.5. The van der Waals surface area contributed by atoms with Crippen molar-refractivity contribution < 1.29 is 9.53 Å². The first-order chi connectivity index (χ1) is 10.2. The van der Waals surface area contributed by atoms with E-state index in [0.717, 1.165) is 12.0 Å². The number of hydrogen-bond acceptors (Lipinski definition) is 2. The first kappa shape index (κ1) is 15.3. The molecule has 0 atom stereocenters. The lowest BCUT2D eigenvalue weighted by Gasteiger charge is -2.22. The van der Waals surface area contributed by atoms with Gasteiger partial charge in [-0.1, -0.05) is 31.2 Å². The molecule has 0 aliphatic heterocycles. The van der Waals surface area contributed by atoms with Crippen molar-refractivity contribution in [2.75, 3.05) is 20.3 Å². The first-order valence-electron chi connectivity index (χ1n) is 7.24. The van der Waals surface area contributed by atoms with Crippen molar-refractivity contribution in [2.24, 2.45) is 0 Å². The Morgan fingerprint density at radius 1 is 1.19 bits per heavy atom. The minimum atomic E-state index is -0.00313. The molecule has 1 N–H and O–H groups in total. The molecule has 4 heteroatoms. The SMILES string of the molecule is CCc1ccc(CN(CCOC)C(=O)c2ccc[nH]2)cc1. The van der Waals surface area contributed by atoms with Crippen LogP contribution in [0.2, 0.25) is 0 Å². The second kappa shape index (κ2) is 7.64. The van der Waals surface area contributed by atoms with Crippen LogP contribution < -0.4 is 0 Å². The Morgan fingerprint density at radius 3 is 2.48 bits per heavy atom. The molecular weight excluding hydrogens is 264 g/mol. The zero-order chi connectivity index (χ0) is 15.1. The Morgan fingerprint density at radius 2 is 1.90 bits per heavy atom. The summed E-state index contributed by atoms with van der Waals surface area (Å²) in [5.41, 5.74) is 3.04. The summed E-state index contributed by atoms with van der Waals surface area (Å²) >= 11 is 0. The van der Waals surface area contributed by atoms with E-state index in [-0.39, 0.29) is 5.91 Å². The highest BCUT2D eigenvalue weighted by Crippen LogP contribution is 2.11. The van der Waals surface area contributed by atoms with Gasteiger partial charge in [-0.2, -0.15) is 0 Å². The topological polar surface area (TPSA) is 45.3 Å². The number of benzene rings is 1. The van der Waals surface area contributed by atoms with Crippen LogP contribution in [0.25, 0.3) is 0 Å². The summed E-state index contributed by atoms with van der Waals surface area (Å²) < 4.78 is 5.11. The van der Waals surface area contributed by atoms with Crippen LogP contribution in [0.15, 0.2) is 42.6 Å². The number of nitrogens with one attached hydrogen (secondary N) is 1. The molecule has 4 nitrogen and oxygen atoms in total. The van der Waals surface area contributed by atoms with Crippen molar-refractivity contribution in [3.05, 3.63) is 59.4 Å². The molecule has 2 aromatic rings. The van der Waals surface area contributed by atoms with E-state index in [4.69, 9.17) is 4.74 Å². The lowest BCUT2D eigenvalue weighted by molar-refractivity contribution is 0.0675. The summed E-state index contributed by atoms with van der Waals surface area (Å²) in [6.45, 7) is 3.82. The van der Waals surface area contributed by atoms with Crippen molar-refractivity contribution in [3.63, 3.8) is 0 Å². The van der Waals surface area contributed by atoms with Gasteiger partial charge in [0.25, 0.3) is 5.91 Å². The number of aromatic amines is 1. The van der Waals surface area contributed by atoms with Gasteiger partial charge in [0.05, 0.1) is 6.61 Å². The third kappa shape index (κ3) is 4.20. The smallest absolute Gasteiger partial charge is 0.270 e. The van der Waals surface area contributed by atoms with Gasteiger partial charge in [0.1, 0.15) is 5.69 Å². The fourth-order valence-corrected chi connectivity index (χ4v) is 2.19. The lowest BCUT2D eigenvalue weighted by atomic mass is 10.1. The summed E-state index contributed by atoms with van der Waals surface area (Å²) in [7, 11) is 1.65. The van der Waals surface area contributed by atoms with Gasteiger partial charge in [-0.3, -0.25) is 4.79 Å². The van der Waals surface area contributed by atoms with Crippen LogP contribution in [0.1, 0.15) is 28.5 Å². The standard InChI is InChI=1S/C17H22N2O2/c1-3-14-6-8-15(9-7-14)13-19(11-12-21-2)17(20)16-5-4-10-18-16/h4-10,18H,3,11-13H2,1-2H3. The second-order valence-electron chi connectivity index (χ2n) is 4.97. The molecule has 0 saturated heterocycles. The summed E-state index contributed by atoms with van der Waals surface area (Å²) in [5, 5.41) is 0. The minimum Gasteiger partial charge on any atom is -0.383 e. The maximum absolute atomic E-state index is 12.5. The monoisotopic (exact) mass is 286 g/mol. The summed E-state index contributed by atoms with van der Waals surface area (Å²) in [5.74, 6) is -0.00313. The molecule has 0 saturated carbocycles. The van der Waals surface area contributed by atoms with Crippen LogP contribution in [-0.4, -0.2) is 36.1 Å². The minimum absolute atomic E-state index is 0.00313. The third-order valence-corrected chi connectivity index (χ3v) is 3.49. The molecule has 0 aliphatic carbocycles. The summed E-state index contributed by atoms with van der Waals surface area (Å²) in [6.07, 6.45) is 2.78. The van der Waals surface area contributed by atoms with E-state index < -0.39 is 0 Å². The van der Waals surface area contributed by atoms with Crippen LogP contribution in [0.4, 0.5) is 0 Å². The Bertz CT molecular complexity index is 547. The first-order valence-corrected chi connectivity index (χ1v) is 7.24. The van der Waals surface area contributed by atoms with Crippen LogP contribution in [0.5, 0.6) is 0 Å². The van der Waals surface area contributed by atoms with E-state index in [1.54, 1.807) is 24.3 Å². The zero-order valence-electron chi connectivity index (χ0n) is 12.6. The normalized spacial score (nSPS) is 10.6. The molecule has 1 aromatic carbocycles. The van der Waals surface area contributed by atoms with Crippen molar-refractivity contribution in [3.8, 4) is 0 Å². The van der Waals surface area contributed by atoms with Gasteiger partial charge in [-0.15, -0.1) is 0 Å². The molecule has 0 spiro atoms. The van der Waals surface area contributed by atoms with E-state index in [1.165, 1.54) is 5.56 Å². The van der Waals surface area contributed by atoms with Crippen molar-refractivity contribution in [1.82, 2.24) is 9.88 Å². The van der Waals surface area contributed by atoms with Crippen LogP contribution in [0.3, 0.4) is 0 Å². The Balaban J connectivity index is 2.09. The number of methoxy groups -OCH3 is 1. The highest BCUT2D eigenvalue weighted by Gasteiger charge is 2.16. The molecule has 0 fully saturated rings. The number of ether oxygens (including phenoxy) is 1. The van der Waals surface area contributed by atoms with E-state index >= 15 is 0 Å². The summed E-state index contributed by atoms with van der Waals surface area (Å²) in [6, 6.07) is 12.0. The number of amides is 1. The molecule has 0 radical (unpaired) electrons. The van der Waals surface area contributed by atoms with Gasteiger partial charge in [0.15, 0.2) is 0 Å². The Hall–Kier alpha value is -2.07. The number of aromatic nitrogens is 1. The molecule has 0 aliphatic rings. The molecular formula is C17H22N2O2. The van der Waals surface area contributed by atoms with Crippen LogP contribution in [0, 0.1) is 0 Å². The second-order valence-corrected chi connectivity index (χ2v) is 4.97. The number of H-pyrrole nitrogens is 1. The fourth-order valence-electron chi connectivity index (χ4n) is 2.19. The average molecular weight is 286 g/mol. The Labute approximate surface area is 125 Å². The maximum Gasteiger partial charge on any atom is 0.270 e. The maximum atomic E-state index is 12.5. The molecule has 0 unspecified atom stereocenters. The van der Waals surface area contributed by atoms with E-state index in [0.29, 0.717) is 25.4 Å². The van der Waals surface area contributed by atoms with E-state index in [1.807, 2.05) is 6.07 Å². The quantitative estimate of drug-likeness (QED) is 0.850. The fraction of sp³-hybridized carbons (Fsp3) is 0.353. The largest absolute Gasteiger partial charge is 0.383 e. The van der Waals surface area contributed by atoms with Gasteiger partial charge in [-0.25, -0.2) is 0 Å². The van der Waals surface area contributed by atoms with E-state index in [9.17, 15) is 4.79 Å². The van der Waals surface area contributed by atoms with Crippen molar-refractivity contribution in [1.29, 1.82) is 0 Å². The van der Waals surface area contributed by atoms with Gasteiger partial charge in [0, 0.05) is 26.4 Å². The van der Waals surface area contributed by atoms with E-state index in [2.05, 4.69) is 36.2 Å². The van der Waals surface area contributed by atoms with Crippen LogP contribution in [-0.2, 0) is 17.7 Å². The molecule has 0 bridgehead atoms. The van der Waals surface area contributed by atoms with Gasteiger partial charge < -0.3 is 14.6 Å². The van der Waals surface area contributed by atoms with Gasteiger partial charge >= 0.3 is 0 Å². The van der Waals surface area contributed by atoms with Gasteiger partial charge in [0.2, 0.25) is 0 Å². The molecule has 1 aromatic heterocycles. The lowest BCUT2D eigenvalue weighted by Crippen LogP contribution is -2.33. The van der Waals surface area contributed by atoms with Crippen molar-refractivity contribution >= 4 is 5.91 Å². The number of rotatable bonds is 7. The predicted molar refractivity (Wildman–Crippen MR) is 83.2 cm³/mol. The molecule has 1 heterocycles. The number of hydrogen-bond donors (Lipinski definition) is 1. The predicted octanol–water partition coefficient (Wildman–Crippen LogP) is 2.87. The van der Waals surface area contributed by atoms with Gasteiger partial charge in [-0.05, 0) is 29.7 Å². The molecule has 1 amide bonds. The third-order valence-electron chi connectivity index (χ3n) is 3.49. The van der Waals surface area contributed by atoms with Crippen LogP contribution >= 0.6 is 0 Å². The van der Waals surface area contributed by atoms with Crippen molar-refractivity contribution in [2.45, 2.75) is 19.9 Å². The zero-order valence-corrected chi connectivity index (χ0v) is 12.6. The molecule has 2 rings (SSSR count). The number of nitrogens with zero attached hydrogens (tertiary/aromatic N) is 1. The highest BCUT2D eigenvalue weighted by molar-refractivity contribution is 5.92. The summed E-state index contributed by atoms with van der Waals surface area (Å²) in [4.78, 5) is 17.2. The molecule has 112 valence electrons. The number of aryl methyl sites for hydroxylation is 1. The Kier molecular flexibility index (Phi) is 5.58. The average Bonchev–Trinajstić information content (AvgIpc) is 3.05. The number of carbonyl (C=O) groups excluding carboxylic acids is 1. The molecule has 21 heavy (non-hydrogen) atoms.